The van der Waals surface area contributed by atoms with Gasteiger partial charge in [-0.2, -0.15) is 0 Å². The van der Waals surface area contributed by atoms with Gasteiger partial charge >= 0.3 is 0 Å². The predicted molar refractivity (Wildman–Crippen MR) is 81.4 cm³/mol. The van der Waals surface area contributed by atoms with Gasteiger partial charge in [0.2, 0.25) is 0 Å². The number of nitrogens with one attached hydrogen (secondary N) is 1. The number of halogens is 1. The second-order valence-corrected chi connectivity index (χ2v) is 5.85. The number of rotatable bonds is 6. The summed E-state index contributed by atoms with van der Waals surface area (Å²) in [4.78, 5) is 0. The van der Waals surface area contributed by atoms with Gasteiger partial charge in [0.25, 0.3) is 0 Å². The van der Waals surface area contributed by atoms with Crippen molar-refractivity contribution in [2.24, 2.45) is 5.92 Å². The Bertz CT molecular complexity index is 586. The molecule has 0 amide bonds. The summed E-state index contributed by atoms with van der Waals surface area (Å²) in [5, 5.41) is 4.27. The lowest BCUT2D eigenvalue weighted by molar-refractivity contribution is 0.484. The van der Waals surface area contributed by atoms with Crippen LogP contribution in [-0.2, 0) is 13.0 Å². The first-order valence-corrected chi connectivity index (χ1v) is 7.44. The first kappa shape index (κ1) is 15.0. The van der Waals surface area contributed by atoms with E-state index < -0.39 is 0 Å². The van der Waals surface area contributed by atoms with Crippen LogP contribution in [0.1, 0.15) is 44.1 Å². The molecule has 0 atom stereocenters. The van der Waals surface area contributed by atoms with E-state index in [1.807, 2.05) is 12.1 Å². The van der Waals surface area contributed by atoms with Crippen molar-refractivity contribution in [2.75, 3.05) is 6.54 Å². The smallest absolute Gasteiger partial charge is 0.170 e. The molecule has 1 aromatic heterocycles. The summed E-state index contributed by atoms with van der Waals surface area (Å²) in [6.45, 7) is 9.86. The number of hydrogen-bond donors (Lipinski definition) is 1. The van der Waals surface area contributed by atoms with Gasteiger partial charge in [0, 0.05) is 10.9 Å². The zero-order valence-electron chi connectivity index (χ0n) is 12.8. The van der Waals surface area contributed by atoms with E-state index in [0.29, 0.717) is 23.6 Å². The van der Waals surface area contributed by atoms with Crippen LogP contribution < -0.4 is 5.32 Å². The Morgan fingerprint density at radius 1 is 1.30 bits per heavy atom. The molecule has 0 radical (unpaired) electrons. The fraction of sp³-hybridized carbons (Fsp3) is 0.529. The molecule has 0 aliphatic rings. The maximum Gasteiger partial charge on any atom is 0.170 e. The minimum atomic E-state index is -0.228. The number of aryl methyl sites for hydroxylation is 1. The van der Waals surface area contributed by atoms with Gasteiger partial charge in [-0.1, -0.05) is 32.9 Å². The third-order valence-electron chi connectivity index (χ3n) is 3.50. The van der Waals surface area contributed by atoms with Crippen molar-refractivity contribution >= 4 is 11.0 Å². The van der Waals surface area contributed by atoms with Gasteiger partial charge in [-0.25, -0.2) is 4.39 Å². The van der Waals surface area contributed by atoms with Crippen LogP contribution in [0.15, 0.2) is 16.5 Å². The number of benzene rings is 1. The summed E-state index contributed by atoms with van der Waals surface area (Å²) in [6.07, 6.45) is 1.99. The Morgan fingerprint density at radius 3 is 2.70 bits per heavy atom. The second-order valence-electron chi connectivity index (χ2n) is 5.85. The molecule has 110 valence electrons. The van der Waals surface area contributed by atoms with Crippen LogP contribution in [0.5, 0.6) is 0 Å². The van der Waals surface area contributed by atoms with Gasteiger partial charge in [0.1, 0.15) is 5.76 Å². The van der Waals surface area contributed by atoms with E-state index in [0.717, 1.165) is 36.1 Å². The highest BCUT2D eigenvalue weighted by Gasteiger charge is 2.18. The normalized spacial score (nSPS) is 11.7. The van der Waals surface area contributed by atoms with Crippen molar-refractivity contribution in [3.05, 3.63) is 34.8 Å². The van der Waals surface area contributed by atoms with E-state index in [9.17, 15) is 4.39 Å². The zero-order valence-corrected chi connectivity index (χ0v) is 12.8. The molecule has 0 aliphatic heterocycles. The molecule has 2 rings (SSSR count). The summed E-state index contributed by atoms with van der Waals surface area (Å²) in [7, 11) is 0. The van der Waals surface area contributed by atoms with Crippen molar-refractivity contribution in [3.63, 3.8) is 0 Å². The van der Waals surface area contributed by atoms with Gasteiger partial charge in [-0.15, -0.1) is 0 Å². The van der Waals surface area contributed by atoms with Gasteiger partial charge in [0.05, 0.1) is 6.54 Å². The van der Waals surface area contributed by atoms with Crippen molar-refractivity contribution in [2.45, 2.75) is 47.1 Å². The first-order chi connectivity index (χ1) is 9.54. The lowest BCUT2D eigenvalue weighted by Crippen LogP contribution is -2.14. The summed E-state index contributed by atoms with van der Waals surface area (Å²) in [5.41, 5.74) is 2.20. The SMILES string of the molecule is CCCNCc1oc2c(F)c(C)ccc2c1CC(C)C. The van der Waals surface area contributed by atoms with Gasteiger partial charge in [-0.05, 0) is 37.8 Å². The molecule has 0 aliphatic carbocycles. The van der Waals surface area contributed by atoms with Crippen LogP contribution in [-0.4, -0.2) is 6.54 Å². The zero-order chi connectivity index (χ0) is 14.7. The average Bonchev–Trinajstić information content (AvgIpc) is 2.73. The minimum Gasteiger partial charge on any atom is -0.456 e. The van der Waals surface area contributed by atoms with Crippen LogP contribution in [0.4, 0.5) is 4.39 Å². The molecule has 0 fully saturated rings. The van der Waals surface area contributed by atoms with E-state index in [4.69, 9.17) is 4.42 Å². The molecule has 0 spiro atoms. The van der Waals surface area contributed by atoms with E-state index in [1.54, 1.807) is 6.92 Å². The van der Waals surface area contributed by atoms with Crippen LogP contribution in [0, 0.1) is 18.7 Å². The van der Waals surface area contributed by atoms with Crippen LogP contribution in [0.3, 0.4) is 0 Å². The van der Waals surface area contributed by atoms with E-state index in [-0.39, 0.29) is 5.82 Å². The molecule has 0 bridgehead atoms. The fourth-order valence-corrected chi connectivity index (χ4v) is 2.48. The molecule has 2 nitrogen and oxygen atoms in total. The van der Waals surface area contributed by atoms with Gasteiger partial charge < -0.3 is 9.73 Å². The lowest BCUT2D eigenvalue weighted by Gasteiger charge is -2.07. The highest BCUT2D eigenvalue weighted by atomic mass is 19.1. The Labute approximate surface area is 120 Å². The van der Waals surface area contributed by atoms with Crippen LogP contribution in [0.25, 0.3) is 11.0 Å². The number of fused-ring (bicyclic) bond motifs is 1. The van der Waals surface area contributed by atoms with Crippen LogP contribution in [0.2, 0.25) is 0 Å². The molecular weight excluding hydrogens is 253 g/mol. The highest BCUT2D eigenvalue weighted by molar-refractivity contribution is 5.83. The quantitative estimate of drug-likeness (QED) is 0.782. The van der Waals surface area contributed by atoms with Gasteiger partial charge in [0.15, 0.2) is 11.4 Å². The molecule has 0 saturated carbocycles. The topological polar surface area (TPSA) is 25.2 Å². The third-order valence-corrected chi connectivity index (χ3v) is 3.50. The van der Waals surface area contributed by atoms with Crippen molar-refractivity contribution < 1.29 is 8.81 Å². The maximum absolute atomic E-state index is 14.2. The molecule has 0 unspecified atom stereocenters. The van der Waals surface area contributed by atoms with Crippen molar-refractivity contribution in [1.82, 2.24) is 5.32 Å². The molecule has 1 heterocycles. The molecule has 1 aromatic carbocycles. The molecular formula is C17H24FNO. The van der Waals surface area contributed by atoms with Crippen molar-refractivity contribution in [3.8, 4) is 0 Å². The largest absolute Gasteiger partial charge is 0.456 e. The standard InChI is InChI=1S/C17H24FNO/c1-5-8-19-10-15-14(9-11(2)3)13-7-6-12(4)16(18)17(13)20-15/h6-7,11,19H,5,8-10H2,1-4H3. The van der Waals surface area contributed by atoms with Crippen molar-refractivity contribution in [1.29, 1.82) is 0 Å². The summed E-state index contributed by atoms with van der Waals surface area (Å²) in [5.74, 6) is 1.17. The monoisotopic (exact) mass is 277 g/mol. The Kier molecular flexibility index (Phi) is 4.81. The minimum absolute atomic E-state index is 0.228. The maximum atomic E-state index is 14.2. The molecule has 1 N–H and O–H groups in total. The molecule has 3 heteroatoms. The summed E-state index contributed by atoms with van der Waals surface area (Å²) >= 11 is 0. The Morgan fingerprint density at radius 2 is 2.05 bits per heavy atom. The average molecular weight is 277 g/mol. The molecule has 2 aromatic rings. The first-order valence-electron chi connectivity index (χ1n) is 7.44. The highest BCUT2D eigenvalue weighted by Crippen LogP contribution is 2.31. The second kappa shape index (κ2) is 6.40. The van der Waals surface area contributed by atoms with E-state index in [2.05, 4.69) is 26.1 Å². The third kappa shape index (κ3) is 3.04. The van der Waals surface area contributed by atoms with Gasteiger partial charge in [-0.3, -0.25) is 0 Å². The Hall–Kier alpha value is -1.35. The van der Waals surface area contributed by atoms with E-state index >= 15 is 0 Å². The summed E-state index contributed by atoms with van der Waals surface area (Å²) in [6, 6.07) is 3.82. The lowest BCUT2D eigenvalue weighted by atomic mass is 9.99. The molecule has 0 saturated heterocycles. The number of furan rings is 1. The summed E-state index contributed by atoms with van der Waals surface area (Å²) < 4.78 is 20.0. The van der Waals surface area contributed by atoms with Crippen LogP contribution >= 0.6 is 0 Å². The predicted octanol–water partition coefficient (Wildman–Crippen LogP) is 4.58. The fourth-order valence-electron chi connectivity index (χ4n) is 2.48. The number of hydrogen-bond acceptors (Lipinski definition) is 2. The molecule has 20 heavy (non-hydrogen) atoms. The Balaban J connectivity index is 2.45. The van der Waals surface area contributed by atoms with E-state index in [1.165, 1.54) is 0 Å².